The van der Waals surface area contributed by atoms with Gasteiger partial charge in [0.25, 0.3) is 0 Å². The average molecular weight is 299 g/mol. The van der Waals surface area contributed by atoms with E-state index in [9.17, 15) is 0 Å². The van der Waals surface area contributed by atoms with Crippen molar-refractivity contribution in [3.05, 3.63) is 102 Å². The van der Waals surface area contributed by atoms with Gasteiger partial charge in [-0.2, -0.15) is 0 Å². The summed E-state index contributed by atoms with van der Waals surface area (Å²) in [5.74, 6) is 0.179. The van der Waals surface area contributed by atoms with Crippen molar-refractivity contribution in [1.29, 1.82) is 0 Å². The molecule has 0 aliphatic carbocycles. The molecule has 0 radical (unpaired) electrons. The summed E-state index contributed by atoms with van der Waals surface area (Å²) in [6, 6.07) is 22.9. The van der Waals surface area contributed by atoms with Gasteiger partial charge in [0.05, 0.1) is 11.6 Å². The van der Waals surface area contributed by atoms with Crippen LogP contribution in [0.2, 0.25) is 0 Å². The van der Waals surface area contributed by atoms with Crippen LogP contribution in [0, 0.1) is 0 Å². The van der Waals surface area contributed by atoms with E-state index in [1.807, 2.05) is 48.9 Å². The predicted molar refractivity (Wildman–Crippen MR) is 92.2 cm³/mol. The fourth-order valence-corrected chi connectivity index (χ4v) is 2.95. The second kappa shape index (κ2) is 5.97. The number of aromatic nitrogens is 3. The van der Waals surface area contributed by atoms with Crippen LogP contribution in [0.4, 0.5) is 0 Å². The zero-order chi connectivity index (χ0) is 15.5. The standard InChI is InChI=1S/C20H17N3/c1-2-12-21-17(5-1)15-8-10-16(11-9-15)20(18-6-3-13-22-18)19-7-4-14-23-19/h1-14,20,22-23H. The molecule has 0 saturated heterocycles. The molecule has 0 unspecified atom stereocenters. The maximum Gasteiger partial charge on any atom is 0.0701 e. The largest absolute Gasteiger partial charge is 0.364 e. The average Bonchev–Trinajstić information content (AvgIpc) is 3.31. The lowest BCUT2D eigenvalue weighted by molar-refractivity contribution is 0.898. The molecular weight excluding hydrogens is 282 g/mol. The first kappa shape index (κ1) is 13.6. The van der Waals surface area contributed by atoms with Crippen molar-refractivity contribution in [2.24, 2.45) is 0 Å². The van der Waals surface area contributed by atoms with E-state index in [1.165, 1.54) is 17.0 Å². The number of pyridine rings is 1. The molecule has 3 heteroatoms. The number of benzene rings is 1. The highest BCUT2D eigenvalue weighted by molar-refractivity contribution is 5.59. The Kier molecular flexibility index (Phi) is 3.53. The molecule has 4 rings (SSSR count). The van der Waals surface area contributed by atoms with Gasteiger partial charge in [0.1, 0.15) is 0 Å². The number of rotatable bonds is 4. The van der Waals surface area contributed by atoms with Gasteiger partial charge in [0.15, 0.2) is 0 Å². The van der Waals surface area contributed by atoms with Gasteiger partial charge in [-0.25, -0.2) is 0 Å². The maximum absolute atomic E-state index is 4.41. The van der Waals surface area contributed by atoms with Crippen molar-refractivity contribution in [2.45, 2.75) is 5.92 Å². The molecule has 112 valence electrons. The Morgan fingerprint density at radius 2 is 1.39 bits per heavy atom. The van der Waals surface area contributed by atoms with E-state index in [1.54, 1.807) is 0 Å². The third kappa shape index (κ3) is 2.69. The van der Waals surface area contributed by atoms with Crippen molar-refractivity contribution in [3.8, 4) is 11.3 Å². The maximum atomic E-state index is 4.41. The first-order valence-electron chi connectivity index (χ1n) is 7.70. The molecule has 3 aromatic heterocycles. The van der Waals surface area contributed by atoms with Crippen molar-refractivity contribution >= 4 is 0 Å². The lowest BCUT2D eigenvalue weighted by Crippen LogP contribution is -2.04. The van der Waals surface area contributed by atoms with E-state index in [2.05, 4.69) is 51.4 Å². The van der Waals surface area contributed by atoms with Gasteiger partial charge in [-0.1, -0.05) is 30.3 Å². The Bertz CT molecular complexity index is 811. The van der Waals surface area contributed by atoms with Crippen LogP contribution in [-0.4, -0.2) is 15.0 Å². The lowest BCUT2D eigenvalue weighted by Gasteiger charge is -2.16. The summed E-state index contributed by atoms with van der Waals surface area (Å²) in [4.78, 5) is 11.1. The zero-order valence-corrected chi connectivity index (χ0v) is 12.6. The summed E-state index contributed by atoms with van der Waals surface area (Å²) < 4.78 is 0. The molecule has 0 atom stereocenters. The van der Waals surface area contributed by atoms with Crippen LogP contribution in [-0.2, 0) is 0 Å². The molecule has 0 amide bonds. The number of nitrogens with one attached hydrogen (secondary N) is 2. The predicted octanol–water partition coefficient (Wildman–Crippen LogP) is 4.59. The molecule has 23 heavy (non-hydrogen) atoms. The summed E-state index contributed by atoms with van der Waals surface area (Å²) in [6.07, 6.45) is 5.75. The van der Waals surface area contributed by atoms with E-state index in [4.69, 9.17) is 0 Å². The first-order valence-corrected chi connectivity index (χ1v) is 7.70. The summed E-state index contributed by atoms with van der Waals surface area (Å²) in [6.45, 7) is 0. The van der Waals surface area contributed by atoms with Gasteiger partial charge in [-0.05, 0) is 42.0 Å². The van der Waals surface area contributed by atoms with Crippen LogP contribution >= 0.6 is 0 Å². The van der Waals surface area contributed by atoms with Crippen LogP contribution < -0.4 is 0 Å². The second-order valence-electron chi connectivity index (χ2n) is 5.52. The van der Waals surface area contributed by atoms with Gasteiger partial charge >= 0.3 is 0 Å². The molecule has 0 saturated carbocycles. The second-order valence-corrected chi connectivity index (χ2v) is 5.52. The molecular formula is C20H17N3. The smallest absolute Gasteiger partial charge is 0.0701 e. The molecule has 3 heterocycles. The Balaban J connectivity index is 1.73. The molecule has 1 aromatic carbocycles. The highest BCUT2D eigenvalue weighted by Gasteiger charge is 2.18. The quantitative estimate of drug-likeness (QED) is 0.569. The van der Waals surface area contributed by atoms with Crippen LogP contribution in [0.25, 0.3) is 11.3 Å². The van der Waals surface area contributed by atoms with E-state index >= 15 is 0 Å². The molecule has 0 fully saturated rings. The molecule has 0 aliphatic rings. The first-order chi connectivity index (χ1) is 11.4. The van der Waals surface area contributed by atoms with E-state index in [0.29, 0.717) is 0 Å². The van der Waals surface area contributed by atoms with Gasteiger partial charge in [0.2, 0.25) is 0 Å². The molecule has 4 aromatic rings. The molecule has 0 spiro atoms. The van der Waals surface area contributed by atoms with Crippen LogP contribution in [0.5, 0.6) is 0 Å². The van der Waals surface area contributed by atoms with Crippen molar-refractivity contribution in [1.82, 2.24) is 15.0 Å². The van der Waals surface area contributed by atoms with Crippen LogP contribution in [0.15, 0.2) is 85.3 Å². The van der Waals surface area contributed by atoms with Gasteiger partial charge in [-0.3, -0.25) is 4.98 Å². The zero-order valence-electron chi connectivity index (χ0n) is 12.6. The number of H-pyrrole nitrogens is 2. The number of aromatic amines is 2. The SMILES string of the molecule is c1ccc(-c2ccc(C(c3ccc[nH]3)c3ccc[nH]3)cc2)nc1. The number of hydrogen-bond donors (Lipinski definition) is 2. The highest BCUT2D eigenvalue weighted by atomic mass is 14.7. The summed E-state index contributed by atoms with van der Waals surface area (Å²) in [5, 5.41) is 0. The van der Waals surface area contributed by atoms with E-state index in [-0.39, 0.29) is 5.92 Å². The highest BCUT2D eigenvalue weighted by Crippen LogP contribution is 2.31. The third-order valence-electron chi connectivity index (χ3n) is 4.07. The molecule has 3 nitrogen and oxygen atoms in total. The minimum absolute atomic E-state index is 0.179. The third-order valence-corrected chi connectivity index (χ3v) is 4.07. The summed E-state index contributed by atoms with van der Waals surface area (Å²) >= 11 is 0. The molecule has 2 N–H and O–H groups in total. The minimum atomic E-state index is 0.179. The number of nitrogens with zero attached hydrogens (tertiary/aromatic N) is 1. The Labute approximate surface area is 135 Å². The molecule has 0 aliphatic heterocycles. The van der Waals surface area contributed by atoms with Gasteiger partial charge < -0.3 is 9.97 Å². The normalized spacial score (nSPS) is 11.0. The molecule has 0 bridgehead atoms. The van der Waals surface area contributed by atoms with Gasteiger partial charge in [-0.15, -0.1) is 0 Å². The summed E-state index contributed by atoms with van der Waals surface area (Å²) in [5.41, 5.74) is 5.73. The Morgan fingerprint density at radius 1 is 0.696 bits per heavy atom. The fourth-order valence-electron chi connectivity index (χ4n) is 2.95. The Morgan fingerprint density at radius 3 is 1.91 bits per heavy atom. The number of hydrogen-bond acceptors (Lipinski definition) is 1. The lowest BCUT2D eigenvalue weighted by atomic mass is 9.91. The Hall–Kier alpha value is -3.07. The van der Waals surface area contributed by atoms with Gasteiger partial charge in [0, 0.05) is 35.5 Å². The van der Waals surface area contributed by atoms with Crippen molar-refractivity contribution in [3.63, 3.8) is 0 Å². The van der Waals surface area contributed by atoms with Crippen molar-refractivity contribution in [2.75, 3.05) is 0 Å². The van der Waals surface area contributed by atoms with Crippen LogP contribution in [0.3, 0.4) is 0 Å². The van der Waals surface area contributed by atoms with E-state index < -0.39 is 0 Å². The fraction of sp³-hybridized carbons (Fsp3) is 0.0500. The van der Waals surface area contributed by atoms with Crippen molar-refractivity contribution < 1.29 is 0 Å². The topological polar surface area (TPSA) is 44.5 Å². The van der Waals surface area contributed by atoms with E-state index in [0.717, 1.165) is 11.3 Å². The summed E-state index contributed by atoms with van der Waals surface area (Å²) in [7, 11) is 0. The minimum Gasteiger partial charge on any atom is -0.364 e. The monoisotopic (exact) mass is 299 g/mol. The van der Waals surface area contributed by atoms with Crippen LogP contribution in [0.1, 0.15) is 22.9 Å².